The molecule has 1 saturated heterocycles. The molecule has 0 amide bonds. The predicted molar refractivity (Wildman–Crippen MR) is 117 cm³/mol. The summed E-state index contributed by atoms with van der Waals surface area (Å²) in [7, 11) is -1.90. The highest BCUT2D eigenvalue weighted by molar-refractivity contribution is 6.91. The van der Waals surface area contributed by atoms with Crippen molar-refractivity contribution >= 4 is 19.2 Å². The minimum absolute atomic E-state index is 0.00296. The molecule has 3 fully saturated rings. The van der Waals surface area contributed by atoms with E-state index in [-0.39, 0.29) is 23.1 Å². The van der Waals surface area contributed by atoms with Gasteiger partial charge in [0.25, 0.3) is 0 Å². The van der Waals surface area contributed by atoms with Gasteiger partial charge in [-0.05, 0) is 38.7 Å². The third-order valence-electron chi connectivity index (χ3n) is 7.92. The Morgan fingerprint density at radius 2 is 1.83 bits per heavy atom. The summed E-state index contributed by atoms with van der Waals surface area (Å²) in [5.74, 6) is -0.777. The van der Waals surface area contributed by atoms with Crippen molar-refractivity contribution in [1.82, 2.24) is 0 Å². The van der Waals surface area contributed by atoms with E-state index in [1.807, 2.05) is 13.8 Å². The number of hydrogen-bond donors (Lipinski definition) is 0. The first kappa shape index (κ1) is 21.1. The maximum atomic E-state index is 11.9. The average Bonchev–Trinajstić information content (AvgIpc) is 2.65. The van der Waals surface area contributed by atoms with Crippen LogP contribution in [-0.2, 0) is 19.0 Å². The van der Waals surface area contributed by atoms with Crippen LogP contribution in [0, 0.1) is 5.41 Å². The predicted octanol–water partition coefficient (Wildman–Crippen LogP) is 4.78. The van der Waals surface area contributed by atoms with Crippen molar-refractivity contribution in [3.8, 4) is 0 Å². The van der Waals surface area contributed by atoms with Crippen LogP contribution < -0.4 is 5.19 Å². The zero-order valence-corrected chi connectivity index (χ0v) is 19.6. The Kier molecular flexibility index (Phi) is 5.24. The number of benzene rings is 1. The Balaban J connectivity index is 1.82. The molecule has 4 nitrogen and oxygen atoms in total. The first-order valence-corrected chi connectivity index (χ1v) is 14.2. The first-order valence-electron chi connectivity index (χ1n) is 11.2. The van der Waals surface area contributed by atoms with Crippen molar-refractivity contribution in [3.05, 3.63) is 30.3 Å². The zero-order chi connectivity index (χ0) is 20.9. The van der Waals surface area contributed by atoms with Gasteiger partial charge in [0.15, 0.2) is 5.79 Å². The van der Waals surface area contributed by atoms with Gasteiger partial charge < -0.3 is 14.2 Å². The highest BCUT2D eigenvalue weighted by Gasteiger charge is 2.68. The lowest BCUT2D eigenvalue weighted by Gasteiger charge is -2.67. The van der Waals surface area contributed by atoms with Crippen LogP contribution in [0.3, 0.4) is 0 Å². The number of carbonyl (C=O) groups is 1. The molecular weight excluding hydrogens is 380 g/mol. The number of hydrogen-bond acceptors (Lipinski definition) is 4. The SMILES string of the molecule is CC(=O)O[C@H]1C[C@@H]([Si](C)(C)c2ccccc2)[C@]23CCCC[C@@]2(C1)OC(C)(C)OC3. The van der Waals surface area contributed by atoms with Crippen LogP contribution in [0.15, 0.2) is 30.3 Å². The van der Waals surface area contributed by atoms with Gasteiger partial charge in [-0.3, -0.25) is 4.79 Å². The molecule has 1 aromatic rings. The fraction of sp³-hybridized carbons (Fsp3) is 0.708. The lowest BCUT2D eigenvalue weighted by molar-refractivity contribution is -0.381. The molecule has 1 aliphatic heterocycles. The molecule has 0 unspecified atom stereocenters. The van der Waals surface area contributed by atoms with E-state index in [0.29, 0.717) is 5.54 Å². The first-order chi connectivity index (χ1) is 13.6. The van der Waals surface area contributed by atoms with Crippen molar-refractivity contribution in [1.29, 1.82) is 0 Å². The van der Waals surface area contributed by atoms with E-state index in [4.69, 9.17) is 14.2 Å². The lowest BCUT2D eigenvalue weighted by atomic mass is 9.55. The van der Waals surface area contributed by atoms with Crippen molar-refractivity contribution in [3.63, 3.8) is 0 Å². The summed E-state index contributed by atoms with van der Waals surface area (Å²) in [6, 6.07) is 11.0. The van der Waals surface area contributed by atoms with Crippen LogP contribution in [-0.4, -0.2) is 38.1 Å². The molecule has 0 bridgehead atoms. The second kappa shape index (κ2) is 7.21. The van der Waals surface area contributed by atoms with Gasteiger partial charge >= 0.3 is 5.97 Å². The van der Waals surface area contributed by atoms with Crippen LogP contribution in [0.25, 0.3) is 0 Å². The number of ether oxygens (including phenoxy) is 3. The van der Waals surface area contributed by atoms with Crippen LogP contribution >= 0.6 is 0 Å². The summed E-state index contributed by atoms with van der Waals surface area (Å²) < 4.78 is 19.1. The van der Waals surface area contributed by atoms with Crippen LogP contribution in [0.4, 0.5) is 0 Å². The number of rotatable bonds is 3. The third-order valence-corrected chi connectivity index (χ3v) is 12.3. The minimum atomic E-state index is -1.90. The molecule has 0 N–H and O–H groups in total. The summed E-state index contributed by atoms with van der Waals surface area (Å²) in [6.45, 7) is 11.3. The van der Waals surface area contributed by atoms with E-state index in [1.54, 1.807) is 0 Å². The molecule has 4 atom stereocenters. The van der Waals surface area contributed by atoms with E-state index < -0.39 is 13.9 Å². The van der Waals surface area contributed by atoms with Gasteiger partial charge in [0.05, 0.1) is 20.3 Å². The smallest absolute Gasteiger partial charge is 0.302 e. The van der Waals surface area contributed by atoms with Crippen molar-refractivity contribution < 1.29 is 19.0 Å². The van der Waals surface area contributed by atoms with Gasteiger partial charge in [0.1, 0.15) is 6.10 Å². The molecule has 5 heteroatoms. The van der Waals surface area contributed by atoms with Crippen LogP contribution in [0.2, 0.25) is 18.6 Å². The highest BCUT2D eigenvalue weighted by Crippen LogP contribution is 2.66. The Labute approximate surface area is 176 Å². The summed E-state index contributed by atoms with van der Waals surface area (Å²) in [6.07, 6.45) is 6.22. The summed E-state index contributed by atoms with van der Waals surface area (Å²) in [5, 5.41) is 1.46. The molecule has 29 heavy (non-hydrogen) atoms. The topological polar surface area (TPSA) is 44.8 Å². The third kappa shape index (κ3) is 3.49. The monoisotopic (exact) mass is 416 g/mol. The van der Waals surface area contributed by atoms with Gasteiger partial charge in [-0.25, -0.2) is 0 Å². The molecule has 2 saturated carbocycles. The molecule has 1 aromatic carbocycles. The Morgan fingerprint density at radius 3 is 2.52 bits per heavy atom. The minimum Gasteiger partial charge on any atom is -0.462 e. The van der Waals surface area contributed by atoms with Gasteiger partial charge in [-0.15, -0.1) is 0 Å². The molecule has 1 heterocycles. The molecule has 3 aliphatic rings. The maximum absolute atomic E-state index is 11.9. The zero-order valence-electron chi connectivity index (χ0n) is 18.6. The van der Waals surface area contributed by atoms with Crippen molar-refractivity contribution in [2.24, 2.45) is 5.41 Å². The second-order valence-corrected chi connectivity index (χ2v) is 15.2. The van der Waals surface area contributed by atoms with E-state index in [1.165, 1.54) is 25.0 Å². The summed E-state index contributed by atoms with van der Waals surface area (Å²) in [5.41, 5.74) is 0.171. The van der Waals surface area contributed by atoms with E-state index in [9.17, 15) is 4.79 Å². The van der Waals surface area contributed by atoms with Gasteiger partial charge in [0, 0.05) is 18.8 Å². The summed E-state index contributed by atoms with van der Waals surface area (Å²) >= 11 is 0. The normalized spacial score (nSPS) is 36.6. The Morgan fingerprint density at radius 1 is 1.14 bits per heavy atom. The Bertz CT molecular complexity index is 761. The van der Waals surface area contributed by atoms with Gasteiger partial charge in [0.2, 0.25) is 0 Å². The summed E-state index contributed by atoms with van der Waals surface area (Å²) in [4.78, 5) is 11.9. The lowest BCUT2D eigenvalue weighted by Crippen LogP contribution is -2.72. The number of esters is 1. The average molecular weight is 417 g/mol. The standard InChI is InChI=1S/C24H36O4Si/c1-18(25)27-19-15-21(29(4,5)20-11-7-6-8-12-20)23-13-9-10-14-24(23,16-19)28-22(2,3)26-17-23/h6-8,11-12,19,21H,9-10,13-17H2,1-5H3/t19-,21+,23+,24-/m0/s1. The fourth-order valence-electron chi connectivity index (χ4n) is 6.74. The van der Waals surface area contributed by atoms with Gasteiger partial charge in [-0.2, -0.15) is 0 Å². The second-order valence-electron chi connectivity index (χ2n) is 10.5. The maximum Gasteiger partial charge on any atom is 0.302 e. The van der Waals surface area contributed by atoms with E-state index >= 15 is 0 Å². The van der Waals surface area contributed by atoms with Gasteiger partial charge in [-0.1, -0.05) is 61.5 Å². The molecular formula is C24H36O4Si. The molecule has 0 aromatic heterocycles. The van der Waals surface area contributed by atoms with Crippen LogP contribution in [0.1, 0.15) is 59.3 Å². The highest BCUT2D eigenvalue weighted by atomic mass is 28.3. The van der Waals surface area contributed by atoms with Crippen molar-refractivity contribution in [2.75, 3.05) is 6.61 Å². The number of carbonyl (C=O) groups excluding carboxylic acids is 1. The molecule has 4 rings (SSSR count). The molecule has 160 valence electrons. The largest absolute Gasteiger partial charge is 0.462 e. The van der Waals surface area contributed by atoms with Crippen molar-refractivity contribution in [2.45, 2.75) is 95.4 Å². The van der Waals surface area contributed by atoms with Crippen LogP contribution in [0.5, 0.6) is 0 Å². The quantitative estimate of drug-likeness (QED) is 0.525. The fourth-order valence-corrected chi connectivity index (χ4v) is 10.9. The molecule has 2 aliphatic carbocycles. The van der Waals surface area contributed by atoms with E-state index in [0.717, 1.165) is 32.3 Å². The molecule has 0 spiro atoms. The van der Waals surface area contributed by atoms with E-state index in [2.05, 4.69) is 43.4 Å². The Hall–Kier alpha value is -1.17. The molecule has 0 radical (unpaired) electrons.